The van der Waals surface area contributed by atoms with Crippen LogP contribution in [0, 0.1) is 5.41 Å². The summed E-state index contributed by atoms with van der Waals surface area (Å²) in [6.07, 6.45) is 0. The van der Waals surface area contributed by atoms with Crippen molar-refractivity contribution < 1.29 is 18.0 Å². The third kappa shape index (κ3) is 4.48. The number of furan rings is 1. The number of anilines is 1. The van der Waals surface area contributed by atoms with Crippen molar-refractivity contribution >= 4 is 41.8 Å². The van der Waals surface area contributed by atoms with Gasteiger partial charge in [-0.1, -0.05) is 32.4 Å². The van der Waals surface area contributed by atoms with Crippen molar-refractivity contribution in [2.24, 2.45) is 5.41 Å². The standard InChI is InChI=1S/C18H25ClN5O4P/c1-6-26-29(25,27-7-2)12-9-8-11(28-12)15-21-13-14(19)22-17(20)23-16(13)24(15)10-18(3,4)5/h8-9H,6-7,10H2,1-5H3,(H2,20,22,23). The number of imidazole rings is 1. The van der Waals surface area contributed by atoms with Crippen molar-refractivity contribution in [1.29, 1.82) is 0 Å². The molecule has 0 unspecified atom stereocenters. The molecule has 3 aromatic heterocycles. The summed E-state index contributed by atoms with van der Waals surface area (Å²) in [5.41, 5.74) is 6.72. The molecular formula is C18H25ClN5O4P. The third-order valence-corrected chi connectivity index (χ3v) is 6.12. The zero-order chi connectivity index (χ0) is 21.4. The smallest absolute Gasteiger partial charge is 0.396 e. The molecule has 0 saturated heterocycles. The van der Waals surface area contributed by atoms with Crippen molar-refractivity contribution in [2.45, 2.75) is 41.2 Å². The monoisotopic (exact) mass is 441 g/mol. The van der Waals surface area contributed by atoms with Gasteiger partial charge in [0.15, 0.2) is 22.4 Å². The highest BCUT2D eigenvalue weighted by atomic mass is 35.5. The first kappa shape index (κ1) is 21.8. The summed E-state index contributed by atoms with van der Waals surface area (Å²) in [6.45, 7) is 10.7. The van der Waals surface area contributed by atoms with Gasteiger partial charge in [-0.05, 0) is 31.4 Å². The number of nitrogens with zero attached hydrogens (tertiary/aromatic N) is 4. The van der Waals surface area contributed by atoms with E-state index >= 15 is 0 Å². The van der Waals surface area contributed by atoms with E-state index in [-0.39, 0.29) is 35.2 Å². The Morgan fingerprint density at radius 2 is 1.83 bits per heavy atom. The normalized spacial score (nSPS) is 12.8. The average Bonchev–Trinajstić information content (AvgIpc) is 3.20. The Hall–Kier alpha value is -1.93. The van der Waals surface area contributed by atoms with Gasteiger partial charge in [0, 0.05) is 6.54 Å². The number of aromatic nitrogens is 4. The summed E-state index contributed by atoms with van der Waals surface area (Å²) in [5, 5.41) is 0.155. The lowest BCUT2D eigenvalue weighted by Gasteiger charge is -2.20. The van der Waals surface area contributed by atoms with Crippen LogP contribution in [0.15, 0.2) is 16.5 Å². The minimum atomic E-state index is -3.56. The fraction of sp³-hybridized carbons (Fsp3) is 0.500. The molecule has 3 heterocycles. The molecule has 2 N–H and O–H groups in total. The molecule has 0 amide bonds. The van der Waals surface area contributed by atoms with Gasteiger partial charge >= 0.3 is 7.60 Å². The van der Waals surface area contributed by atoms with E-state index in [1.54, 1.807) is 26.0 Å². The van der Waals surface area contributed by atoms with Gasteiger partial charge in [-0.2, -0.15) is 9.97 Å². The Labute approximate surface area is 174 Å². The summed E-state index contributed by atoms with van der Waals surface area (Å²) >= 11 is 6.24. The molecule has 0 bridgehead atoms. The zero-order valence-corrected chi connectivity index (χ0v) is 18.8. The topological polar surface area (TPSA) is 118 Å². The number of halogens is 1. The van der Waals surface area contributed by atoms with Crippen molar-refractivity contribution in [1.82, 2.24) is 19.5 Å². The van der Waals surface area contributed by atoms with E-state index in [1.165, 1.54) is 0 Å². The molecule has 29 heavy (non-hydrogen) atoms. The predicted octanol–water partition coefficient (Wildman–Crippen LogP) is 4.26. The molecule has 0 fully saturated rings. The first-order valence-electron chi connectivity index (χ1n) is 9.27. The van der Waals surface area contributed by atoms with Gasteiger partial charge in [-0.25, -0.2) is 4.98 Å². The molecule has 9 nitrogen and oxygen atoms in total. The molecule has 0 aliphatic heterocycles. The van der Waals surface area contributed by atoms with E-state index in [0.29, 0.717) is 29.3 Å². The van der Waals surface area contributed by atoms with Crippen molar-refractivity contribution in [2.75, 3.05) is 18.9 Å². The number of nitrogen functional groups attached to an aromatic ring is 1. The summed E-state index contributed by atoms with van der Waals surface area (Å²) in [4.78, 5) is 12.9. The molecule has 0 aromatic carbocycles. The minimum Gasteiger partial charge on any atom is -0.445 e. The molecule has 3 aromatic rings. The maximum atomic E-state index is 13.0. The van der Waals surface area contributed by atoms with Crippen LogP contribution < -0.4 is 11.2 Å². The van der Waals surface area contributed by atoms with Gasteiger partial charge in [0.05, 0.1) is 13.2 Å². The average molecular weight is 442 g/mol. The summed E-state index contributed by atoms with van der Waals surface area (Å²) in [5.74, 6) is 0.917. The number of rotatable bonds is 7. The van der Waals surface area contributed by atoms with Crippen molar-refractivity contribution in [3.63, 3.8) is 0 Å². The lowest BCUT2D eigenvalue weighted by atomic mass is 9.97. The molecule has 158 valence electrons. The van der Waals surface area contributed by atoms with E-state index in [1.807, 2.05) is 4.57 Å². The molecule has 0 radical (unpaired) electrons. The fourth-order valence-corrected chi connectivity index (χ4v) is 4.58. The van der Waals surface area contributed by atoms with Crippen LogP contribution in [-0.2, 0) is 20.2 Å². The predicted molar refractivity (Wildman–Crippen MR) is 112 cm³/mol. The Balaban J connectivity index is 2.17. The van der Waals surface area contributed by atoms with Crippen molar-refractivity contribution in [3.8, 4) is 11.6 Å². The van der Waals surface area contributed by atoms with Gasteiger partial charge in [-0.15, -0.1) is 0 Å². The molecule has 0 aliphatic carbocycles. The first-order valence-corrected chi connectivity index (χ1v) is 11.2. The quantitative estimate of drug-likeness (QED) is 0.426. The van der Waals surface area contributed by atoms with E-state index in [4.69, 9.17) is 30.8 Å². The van der Waals surface area contributed by atoms with E-state index in [2.05, 4.69) is 35.7 Å². The number of fused-ring (bicyclic) bond motifs is 1. The molecule has 0 saturated carbocycles. The van der Waals surface area contributed by atoms with Crippen LogP contribution in [0.25, 0.3) is 22.7 Å². The number of hydrogen-bond donors (Lipinski definition) is 1. The molecule has 3 rings (SSSR count). The molecule has 11 heteroatoms. The first-order chi connectivity index (χ1) is 13.6. The van der Waals surface area contributed by atoms with E-state index in [9.17, 15) is 4.57 Å². The Morgan fingerprint density at radius 3 is 2.41 bits per heavy atom. The molecular weight excluding hydrogens is 417 g/mol. The van der Waals surface area contributed by atoms with Crippen LogP contribution in [0.1, 0.15) is 34.6 Å². The van der Waals surface area contributed by atoms with Crippen LogP contribution in [0.3, 0.4) is 0 Å². The molecule has 0 atom stereocenters. The largest absolute Gasteiger partial charge is 0.445 e. The van der Waals surface area contributed by atoms with Gasteiger partial charge < -0.3 is 23.8 Å². The summed E-state index contributed by atoms with van der Waals surface area (Å²) in [7, 11) is -3.56. The van der Waals surface area contributed by atoms with Crippen LogP contribution in [0.2, 0.25) is 5.15 Å². The second kappa shape index (κ2) is 8.07. The highest BCUT2D eigenvalue weighted by molar-refractivity contribution is 7.61. The van der Waals surface area contributed by atoms with Crippen LogP contribution in [-0.4, -0.2) is 32.7 Å². The van der Waals surface area contributed by atoms with Gasteiger partial charge in [0.25, 0.3) is 0 Å². The number of hydrogen-bond acceptors (Lipinski definition) is 8. The lowest BCUT2D eigenvalue weighted by molar-refractivity contribution is 0.225. The third-order valence-electron chi connectivity index (χ3n) is 3.88. The second-order valence-electron chi connectivity index (χ2n) is 7.60. The lowest BCUT2D eigenvalue weighted by Crippen LogP contribution is -2.17. The highest BCUT2D eigenvalue weighted by Gasteiger charge is 2.32. The maximum absolute atomic E-state index is 13.0. The minimum absolute atomic E-state index is 0.0569. The number of nitrogens with two attached hydrogens (primary N) is 1. The second-order valence-corrected chi connectivity index (χ2v) is 9.91. The zero-order valence-electron chi connectivity index (χ0n) is 17.1. The molecule has 0 spiro atoms. The van der Waals surface area contributed by atoms with E-state index < -0.39 is 7.60 Å². The van der Waals surface area contributed by atoms with Gasteiger partial charge in [-0.3, -0.25) is 4.57 Å². The highest BCUT2D eigenvalue weighted by Crippen LogP contribution is 2.47. The Morgan fingerprint density at radius 1 is 1.17 bits per heavy atom. The molecule has 0 aliphatic rings. The Kier molecular flexibility index (Phi) is 6.06. The maximum Gasteiger partial charge on any atom is 0.396 e. The van der Waals surface area contributed by atoms with Gasteiger partial charge in [0.2, 0.25) is 11.4 Å². The van der Waals surface area contributed by atoms with Crippen LogP contribution in [0.5, 0.6) is 0 Å². The Bertz CT molecular complexity index is 1060. The fourth-order valence-electron chi connectivity index (χ4n) is 2.89. The summed E-state index contributed by atoms with van der Waals surface area (Å²) in [6, 6.07) is 3.24. The van der Waals surface area contributed by atoms with E-state index in [0.717, 1.165) is 0 Å². The van der Waals surface area contributed by atoms with Crippen LogP contribution in [0.4, 0.5) is 5.95 Å². The van der Waals surface area contributed by atoms with Crippen LogP contribution >= 0.6 is 19.2 Å². The SMILES string of the molecule is CCOP(=O)(OCC)c1ccc(-c2nc3c(Cl)nc(N)nc3n2CC(C)(C)C)o1. The summed E-state index contributed by atoms with van der Waals surface area (Å²) < 4.78 is 31.5. The van der Waals surface area contributed by atoms with Gasteiger partial charge in [0.1, 0.15) is 5.52 Å². The van der Waals surface area contributed by atoms with Crippen molar-refractivity contribution in [3.05, 3.63) is 17.3 Å².